The largest absolute Gasteiger partial charge is 0.322 e. The lowest BCUT2D eigenvalue weighted by molar-refractivity contribution is -0.147. The van der Waals surface area contributed by atoms with Crippen LogP contribution in [0.3, 0.4) is 0 Å². The van der Waals surface area contributed by atoms with Crippen LogP contribution in [0.15, 0.2) is 36.4 Å². The van der Waals surface area contributed by atoms with E-state index in [-0.39, 0.29) is 0 Å². The lowest BCUT2D eigenvalue weighted by Gasteiger charge is -2.48. The maximum Gasteiger partial charge on any atom is 0.224 e. The highest BCUT2D eigenvalue weighted by Crippen LogP contribution is 2.39. The highest BCUT2D eigenvalue weighted by Gasteiger charge is 2.51. The number of nitrogens with zero attached hydrogens (tertiary/aromatic N) is 4. The van der Waals surface area contributed by atoms with E-state index in [2.05, 4.69) is 64.9 Å². The third-order valence-electron chi connectivity index (χ3n) is 6.56. The molecule has 0 saturated carbocycles. The van der Waals surface area contributed by atoms with E-state index in [9.17, 15) is 4.79 Å². The van der Waals surface area contributed by atoms with Gasteiger partial charge in [0.15, 0.2) is 0 Å². The molecule has 27 heavy (non-hydrogen) atoms. The molecule has 0 radical (unpaired) electrons. The van der Waals surface area contributed by atoms with E-state index in [0.717, 1.165) is 43.9 Å². The minimum atomic E-state index is 0.319. The Balaban J connectivity index is 1.36. The maximum absolute atomic E-state index is 12.6. The van der Waals surface area contributed by atoms with E-state index in [4.69, 9.17) is 4.98 Å². The first-order valence-electron chi connectivity index (χ1n) is 10.2. The summed E-state index contributed by atoms with van der Waals surface area (Å²) in [5.74, 6) is 1.43. The summed E-state index contributed by atoms with van der Waals surface area (Å²) in [6.07, 6.45) is 2.04. The van der Waals surface area contributed by atoms with Crippen LogP contribution in [0, 0.1) is 11.8 Å². The lowest BCUT2D eigenvalue weighted by atomic mass is 9.90. The number of amides is 1. The Morgan fingerprint density at radius 3 is 2.85 bits per heavy atom. The van der Waals surface area contributed by atoms with Gasteiger partial charge in [0.1, 0.15) is 0 Å². The van der Waals surface area contributed by atoms with Crippen LogP contribution in [-0.2, 0) is 11.3 Å². The van der Waals surface area contributed by atoms with Gasteiger partial charge in [0.25, 0.3) is 0 Å². The fraction of sp³-hybridized carbons (Fsp3) is 0.545. The van der Waals surface area contributed by atoms with E-state index < -0.39 is 0 Å². The second-order valence-electron chi connectivity index (χ2n) is 8.74. The predicted molar refractivity (Wildman–Crippen MR) is 106 cm³/mol. The summed E-state index contributed by atoms with van der Waals surface area (Å²) < 4.78 is 0. The number of para-hydroxylation sites is 1. The molecule has 3 atom stereocenters. The molecule has 3 aliphatic heterocycles. The molecule has 4 heterocycles. The number of piperidine rings is 1. The van der Waals surface area contributed by atoms with Crippen LogP contribution in [0.25, 0.3) is 10.9 Å². The second kappa shape index (κ2) is 6.57. The Bertz CT molecular complexity index is 866. The molecular weight excluding hydrogens is 336 g/mol. The van der Waals surface area contributed by atoms with Crippen LogP contribution >= 0.6 is 0 Å². The monoisotopic (exact) mass is 364 g/mol. The molecule has 1 aromatic heterocycles. The van der Waals surface area contributed by atoms with Crippen LogP contribution < -0.4 is 0 Å². The molecule has 0 bridgehead atoms. The highest BCUT2D eigenvalue weighted by atomic mass is 16.2. The van der Waals surface area contributed by atoms with Crippen LogP contribution in [-0.4, -0.2) is 57.6 Å². The molecule has 0 aliphatic carbocycles. The van der Waals surface area contributed by atoms with E-state index in [1.54, 1.807) is 0 Å². The van der Waals surface area contributed by atoms with Crippen molar-refractivity contribution in [1.82, 2.24) is 19.7 Å². The molecule has 2 aromatic rings. The maximum atomic E-state index is 12.6. The number of hydrogen-bond donors (Lipinski definition) is 0. The van der Waals surface area contributed by atoms with Gasteiger partial charge >= 0.3 is 0 Å². The summed E-state index contributed by atoms with van der Waals surface area (Å²) in [6, 6.07) is 13.0. The van der Waals surface area contributed by atoms with E-state index in [1.165, 1.54) is 5.39 Å². The Morgan fingerprint density at radius 1 is 1.15 bits per heavy atom. The quantitative estimate of drug-likeness (QED) is 0.840. The van der Waals surface area contributed by atoms with Crippen molar-refractivity contribution < 1.29 is 4.79 Å². The molecule has 5 rings (SSSR count). The summed E-state index contributed by atoms with van der Waals surface area (Å²) >= 11 is 0. The van der Waals surface area contributed by atoms with Crippen molar-refractivity contribution in [2.24, 2.45) is 11.8 Å². The zero-order valence-corrected chi connectivity index (χ0v) is 16.2. The predicted octanol–water partition coefficient (Wildman–Crippen LogP) is 2.91. The molecule has 3 saturated heterocycles. The Kier molecular flexibility index (Phi) is 4.17. The van der Waals surface area contributed by atoms with Gasteiger partial charge in [-0.05, 0) is 24.5 Å². The molecule has 3 aliphatic rings. The van der Waals surface area contributed by atoms with Gasteiger partial charge in [-0.15, -0.1) is 0 Å². The van der Waals surface area contributed by atoms with E-state index in [1.807, 2.05) is 0 Å². The normalized spacial score (nSPS) is 28.9. The van der Waals surface area contributed by atoms with Crippen molar-refractivity contribution in [2.45, 2.75) is 45.4 Å². The summed E-state index contributed by atoms with van der Waals surface area (Å²) in [5, 5.41) is 1.20. The van der Waals surface area contributed by atoms with Crippen molar-refractivity contribution in [3.05, 3.63) is 42.1 Å². The molecule has 5 heteroatoms. The molecule has 3 fully saturated rings. The van der Waals surface area contributed by atoms with Crippen molar-refractivity contribution in [3.63, 3.8) is 0 Å². The molecule has 1 amide bonds. The molecule has 1 unspecified atom stereocenters. The zero-order chi connectivity index (χ0) is 18.5. The van der Waals surface area contributed by atoms with E-state index >= 15 is 0 Å². The van der Waals surface area contributed by atoms with Crippen LogP contribution in [0.5, 0.6) is 0 Å². The smallest absolute Gasteiger partial charge is 0.224 e. The van der Waals surface area contributed by atoms with Gasteiger partial charge in [-0.25, -0.2) is 0 Å². The molecule has 1 aromatic carbocycles. The fourth-order valence-corrected chi connectivity index (χ4v) is 5.30. The average molecular weight is 364 g/mol. The number of carbonyl (C=O) groups is 1. The second-order valence-corrected chi connectivity index (χ2v) is 8.74. The van der Waals surface area contributed by atoms with Gasteiger partial charge in [-0.1, -0.05) is 38.1 Å². The number of pyridine rings is 1. The number of hydrogen-bond acceptors (Lipinski definition) is 4. The number of benzene rings is 1. The van der Waals surface area contributed by atoms with Crippen LogP contribution in [0.4, 0.5) is 0 Å². The minimum Gasteiger partial charge on any atom is -0.322 e. The first-order valence-corrected chi connectivity index (χ1v) is 10.2. The Morgan fingerprint density at radius 2 is 2.00 bits per heavy atom. The van der Waals surface area contributed by atoms with Gasteiger partial charge < -0.3 is 4.90 Å². The number of carbonyl (C=O) groups excluding carboxylic acids is 1. The third-order valence-corrected chi connectivity index (χ3v) is 6.56. The number of fused-ring (bicyclic) bond motifs is 1. The summed E-state index contributed by atoms with van der Waals surface area (Å²) in [6.45, 7) is 8.37. The van der Waals surface area contributed by atoms with Gasteiger partial charge in [-0.2, -0.15) is 0 Å². The first kappa shape index (κ1) is 17.1. The lowest BCUT2D eigenvalue weighted by Crippen LogP contribution is -2.60. The van der Waals surface area contributed by atoms with Crippen LogP contribution in [0.1, 0.15) is 32.4 Å². The minimum absolute atomic E-state index is 0.319. The summed E-state index contributed by atoms with van der Waals surface area (Å²) in [7, 11) is 0. The molecule has 0 spiro atoms. The molecule has 142 valence electrons. The number of aromatic nitrogens is 1. The van der Waals surface area contributed by atoms with E-state index in [0.29, 0.717) is 36.4 Å². The van der Waals surface area contributed by atoms with Crippen molar-refractivity contribution >= 4 is 16.8 Å². The standard InChI is InChI=1S/C22H28N4O/c1-15(2)20-13-25-14-24(11-17-8-10-21(27)26(20)22(17)25)12-18-9-7-16-5-3-4-6-19(16)23-18/h3-7,9,15,17,20,22H,8,10-14H2,1-2H3/t17-,20?,22-/m1/s1. The van der Waals surface area contributed by atoms with Crippen molar-refractivity contribution in [3.8, 4) is 0 Å². The molecule has 5 nitrogen and oxygen atoms in total. The van der Waals surface area contributed by atoms with Crippen LogP contribution in [0.2, 0.25) is 0 Å². The molecular formula is C22H28N4O. The van der Waals surface area contributed by atoms with Gasteiger partial charge in [0.05, 0.1) is 24.0 Å². The van der Waals surface area contributed by atoms with Gasteiger partial charge in [0, 0.05) is 43.4 Å². The van der Waals surface area contributed by atoms with Gasteiger partial charge in [-0.3, -0.25) is 19.6 Å². The highest BCUT2D eigenvalue weighted by molar-refractivity contribution is 5.79. The van der Waals surface area contributed by atoms with Crippen molar-refractivity contribution in [2.75, 3.05) is 19.8 Å². The SMILES string of the molecule is CC(C)C1CN2CN(Cc3ccc4ccccc4n3)C[C@H]3CCC(=O)N1[C@H]32. The summed E-state index contributed by atoms with van der Waals surface area (Å²) in [5.41, 5.74) is 2.20. The number of rotatable bonds is 3. The first-order chi connectivity index (χ1) is 13.1. The van der Waals surface area contributed by atoms with Gasteiger partial charge in [0.2, 0.25) is 5.91 Å². The average Bonchev–Trinajstić information content (AvgIpc) is 3.06. The Labute approximate surface area is 161 Å². The third kappa shape index (κ3) is 2.93. The fourth-order valence-electron chi connectivity index (χ4n) is 5.30. The topological polar surface area (TPSA) is 39.7 Å². The Hall–Kier alpha value is -1.98. The summed E-state index contributed by atoms with van der Waals surface area (Å²) in [4.78, 5) is 24.7. The molecule has 0 N–H and O–H groups in total. The van der Waals surface area contributed by atoms with Crippen molar-refractivity contribution in [1.29, 1.82) is 0 Å². The zero-order valence-electron chi connectivity index (χ0n) is 16.2.